The molecule has 19 heavy (non-hydrogen) atoms. The maximum Gasteiger partial charge on any atom is 0.272 e. The van der Waals surface area contributed by atoms with Crippen molar-refractivity contribution >= 4 is 27.5 Å². The van der Waals surface area contributed by atoms with Gasteiger partial charge in [0.1, 0.15) is 11.5 Å². The Balaban J connectivity index is 2.28. The monoisotopic (exact) mass is 324 g/mol. The number of aromatic nitrogens is 1. The van der Waals surface area contributed by atoms with Crippen molar-refractivity contribution in [1.29, 1.82) is 0 Å². The third-order valence-electron chi connectivity index (χ3n) is 2.88. The van der Waals surface area contributed by atoms with Crippen LogP contribution in [0.1, 0.15) is 23.0 Å². The number of rotatable bonds is 3. The highest BCUT2D eigenvalue weighted by molar-refractivity contribution is 9.10. The van der Waals surface area contributed by atoms with E-state index in [2.05, 4.69) is 21.2 Å². The Morgan fingerprint density at radius 2 is 2.21 bits per heavy atom. The molecule has 0 radical (unpaired) electrons. The van der Waals surface area contributed by atoms with Crippen LogP contribution in [0.15, 0.2) is 34.9 Å². The molecule has 2 aromatic rings. The standard InChI is InChI=1S/C14H14BrFN2O/c1-3-18-8-10(15)7-12(18)14(19)17-11-6-4-5-9(2)13(11)16/h4-8H,3H2,1-2H3,(H,17,19). The average molecular weight is 325 g/mol. The molecule has 0 aliphatic rings. The number of amides is 1. The van der Waals surface area contributed by atoms with E-state index in [-0.39, 0.29) is 11.6 Å². The molecule has 2 rings (SSSR count). The number of nitrogens with one attached hydrogen (secondary N) is 1. The molecule has 100 valence electrons. The zero-order valence-electron chi connectivity index (χ0n) is 10.7. The molecule has 0 saturated heterocycles. The van der Waals surface area contributed by atoms with Crippen LogP contribution in [-0.2, 0) is 6.54 Å². The Morgan fingerprint density at radius 1 is 1.47 bits per heavy atom. The lowest BCUT2D eigenvalue weighted by Crippen LogP contribution is -2.17. The number of halogens is 2. The number of anilines is 1. The highest BCUT2D eigenvalue weighted by Crippen LogP contribution is 2.20. The van der Waals surface area contributed by atoms with Crippen LogP contribution >= 0.6 is 15.9 Å². The Kier molecular flexibility index (Phi) is 4.04. The summed E-state index contributed by atoms with van der Waals surface area (Å²) in [5, 5.41) is 2.60. The van der Waals surface area contributed by atoms with Crippen molar-refractivity contribution in [3.8, 4) is 0 Å². The molecule has 0 fully saturated rings. The molecule has 5 heteroatoms. The second-order valence-corrected chi connectivity index (χ2v) is 5.14. The van der Waals surface area contributed by atoms with E-state index in [9.17, 15) is 9.18 Å². The van der Waals surface area contributed by atoms with Gasteiger partial charge in [-0.2, -0.15) is 0 Å². The third kappa shape index (κ3) is 2.87. The highest BCUT2D eigenvalue weighted by Gasteiger charge is 2.14. The van der Waals surface area contributed by atoms with E-state index in [1.165, 1.54) is 0 Å². The molecule has 1 N–H and O–H groups in total. The topological polar surface area (TPSA) is 34.0 Å². The number of nitrogens with zero attached hydrogens (tertiary/aromatic N) is 1. The molecule has 0 spiro atoms. The molecular formula is C14H14BrFN2O. The van der Waals surface area contributed by atoms with Gasteiger partial charge < -0.3 is 9.88 Å². The molecule has 1 heterocycles. The Bertz CT molecular complexity index is 622. The summed E-state index contributed by atoms with van der Waals surface area (Å²) in [6.07, 6.45) is 1.82. The van der Waals surface area contributed by atoms with Crippen molar-refractivity contribution in [2.24, 2.45) is 0 Å². The zero-order chi connectivity index (χ0) is 14.0. The van der Waals surface area contributed by atoms with E-state index in [1.807, 2.05) is 13.1 Å². The summed E-state index contributed by atoms with van der Waals surface area (Å²) < 4.78 is 16.5. The first-order valence-corrected chi connectivity index (χ1v) is 6.74. The van der Waals surface area contributed by atoms with Crippen LogP contribution in [0.3, 0.4) is 0 Å². The Hall–Kier alpha value is -1.62. The van der Waals surface area contributed by atoms with E-state index in [4.69, 9.17) is 0 Å². The first kappa shape index (κ1) is 13.8. The normalized spacial score (nSPS) is 10.5. The molecule has 0 bridgehead atoms. The van der Waals surface area contributed by atoms with Gasteiger partial charge >= 0.3 is 0 Å². The lowest BCUT2D eigenvalue weighted by atomic mass is 10.2. The molecular weight excluding hydrogens is 311 g/mol. The quantitative estimate of drug-likeness (QED) is 0.910. The van der Waals surface area contributed by atoms with Gasteiger partial charge in [0.05, 0.1) is 5.69 Å². The van der Waals surface area contributed by atoms with Gasteiger partial charge in [-0.1, -0.05) is 12.1 Å². The van der Waals surface area contributed by atoms with Crippen LogP contribution in [-0.4, -0.2) is 10.5 Å². The second-order valence-electron chi connectivity index (χ2n) is 4.22. The minimum absolute atomic E-state index is 0.199. The summed E-state index contributed by atoms with van der Waals surface area (Å²) in [5.41, 5.74) is 1.20. The number of carbonyl (C=O) groups excluding carboxylic acids is 1. The number of hydrogen-bond donors (Lipinski definition) is 1. The van der Waals surface area contributed by atoms with Gasteiger partial charge in [0.2, 0.25) is 0 Å². The van der Waals surface area contributed by atoms with E-state index >= 15 is 0 Å². The summed E-state index contributed by atoms with van der Waals surface area (Å²) >= 11 is 3.33. The first-order valence-electron chi connectivity index (χ1n) is 5.95. The van der Waals surface area contributed by atoms with Gasteiger partial charge in [0.15, 0.2) is 0 Å². The van der Waals surface area contributed by atoms with Crippen LogP contribution in [0.25, 0.3) is 0 Å². The average Bonchev–Trinajstić information content (AvgIpc) is 2.76. The number of carbonyl (C=O) groups is 1. The van der Waals surface area contributed by atoms with Crippen molar-refractivity contribution in [3.63, 3.8) is 0 Å². The predicted molar refractivity (Wildman–Crippen MR) is 76.9 cm³/mol. The summed E-state index contributed by atoms with van der Waals surface area (Å²) in [4.78, 5) is 12.2. The minimum atomic E-state index is -0.399. The zero-order valence-corrected chi connectivity index (χ0v) is 12.3. The lowest BCUT2D eigenvalue weighted by molar-refractivity contribution is 0.101. The summed E-state index contributed by atoms with van der Waals surface area (Å²) in [6, 6.07) is 6.64. The maximum atomic E-state index is 13.8. The smallest absolute Gasteiger partial charge is 0.272 e. The van der Waals surface area contributed by atoms with Crippen molar-refractivity contribution in [1.82, 2.24) is 4.57 Å². The number of aryl methyl sites for hydroxylation is 2. The maximum absolute atomic E-state index is 13.8. The number of benzene rings is 1. The molecule has 1 aromatic carbocycles. The van der Waals surface area contributed by atoms with E-state index in [1.54, 1.807) is 35.8 Å². The second kappa shape index (κ2) is 5.57. The Labute approximate surface area is 119 Å². The van der Waals surface area contributed by atoms with Crippen molar-refractivity contribution < 1.29 is 9.18 Å². The lowest BCUT2D eigenvalue weighted by Gasteiger charge is -2.09. The first-order chi connectivity index (χ1) is 9.02. The molecule has 0 aliphatic carbocycles. The molecule has 0 unspecified atom stereocenters. The Morgan fingerprint density at radius 3 is 2.89 bits per heavy atom. The van der Waals surface area contributed by atoms with Gasteiger partial charge in [-0.25, -0.2) is 4.39 Å². The highest BCUT2D eigenvalue weighted by atomic mass is 79.9. The predicted octanol–water partition coefficient (Wildman–Crippen LogP) is 3.97. The minimum Gasteiger partial charge on any atom is -0.343 e. The van der Waals surface area contributed by atoms with Crippen molar-refractivity contribution in [2.45, 2.75) is 20.4 Å². The summed E-state index contributed by atoms with van der Waals surface area (Å²) in [6.45, 7) is 4.28. The summed E-state index contributed by atoms with van der Waals surface area (Å²) in [7, 11) is 0. The SMILES string of the molecule is CCn1cc(Br)cc1C(=O)Nc1cccc(C)c1F. The van der Waals surface area contributed by atoms with Gasteiger partial charge in [-0.05, 0) is 47.5 Å². The molecule has 3 nitrogen and oxygen atoms in total. The van der Waals surface area contributed by atoms with E-state index in [0.29, 0.717) is 17.8 Å². The fraction of sp³-hybridized carbons (Fsp3) is 0.214. The number of hydrogen-bond acceptors (Lipinski definition) is 1. The molecule has 0 atom stereocenters. The van der Waals surface area contributed by atoms with Crippen LogP contribution in [0.2, 0.25) is 0 Å². The van der Waals surface area contributed by atoms with Gasteiger partial charge in [0, 0.05) is 17.2 Å². The van der Waals surface area contributed by atoms with Crippen LogP contribution in [0.4, 0.5) is 10.1 Å². The van der Waals surface area contributed by atoms with Crippen LogP contribution < -0.4 is 5.32 Å². The fourth-order valence-electron chi connectivity index (χ4n) is 1.86. The van der Waals surface area contributed by atoms with Gasteiger partial charge in [-0.3, -0.25) is 4.79 Å². The van der Waals surface area contributed by atoms with Gasteiger partial charge in [0.25, 0.3) is 5.91 Å². The molecule has 1 amide bonds. The van der Waals surface area contributed by atoms with Gasteiger partial charge in [-0.15, -0.1) is 0 Å². The fourth-order valence-corrected chi connectivity index (χ4v) is 2.32. The molecule has 0 saturated carbocycles. The van der Waals surface area contributed by atoms with Crippen molar-refractivity contribution in [3.05, 3.63) is 52.0 Å². The van der Waals surface area contributed by atoms with Crippen LogP contribution in [0.5, 0.6) is 0 Å². The van der Waals surface area contributed by atoms with Crippen LogP contribution in [0, 0.1) is 12.7 Å². The summed E-state index contributed by atoms with van der Waals surface area (Å²) in [5.74, 6) is -0.721. The third-order valence-corrected chi connectivity index (χ3v) is 3.31. The van der Waals surface area contributed by atoms with E-state index in [0.717, 1.165) is 4.47 Å². The van der Waals surface area contributed by atoms with E-state index < -0.39 is 5.82 Å². The van der Waals surface area contributed by atoms with Crippen molar-refractivity contribution in [2.75, 3.05) is 5.32 Å². The molecule has 0 aliphatic heterocycles. The molecule has 1 aromatic heterocycles. The largest absolute Gasteiger partial charge is 0.343 e.